The molecular weight excluding hydrogens is 422 g/mol. The van der Waals surface area contributed by atoms with Crippen molar-refractivity contribution in [2.75, 3.05) is 6.54 Å². The zero-order valence-electron chi connectivity index (χ0n) is 18.2. The van der Waals surface area contributed by atoms with Gasteiger partial charge in [0.1, 0.15) is 5.82 Å². The number of hydrogen-bond donors (Lipinski definition) is 0. The number of para-hydroxylation sites is 1. The van der Waals surface area contributed by atoms with Crippen LogP contribution in [0.3, 0.4) is 0 Å². The number of nitrogens with zero attached hydrogens (tertiary/aromatic N) is 3. The SMILES string of the molecule is CCN(C(=O)c1ccccc1Cl)C(C)c1nc2ccccc2c(=O)n1-c1cccc(C)c1. The van der Waals surface area contributed by atoms with Gasteiger partial charge in [-0.05, 0) is 62.7 Å². The summed E-state index contributed by atoms with van der Waals surface area (Å²) in [6.45, 7) is 6.20. The number of carbonyl (C=O) groups is 1. The lowest BCUT2D eigenvalue weighted by Crippen LogP contribution is -2.37. The number of halogens is 1. The summed E-state index contributed by atoms with van der Waals surface area (Å²) in [5.74, 6) is 0.297. The Kier molecular flexibility index (Phi) is 6.10. The number of aryl methyl sites for hydroxylation is 1. The molecule has 4 rings (SSSR count). The van der Waals surface area contributed by atoms with Gasteiger partial charge in [-0.2, -0.15) is 0 Å². The number of amides is 1. The fourth-order valence-electron chi connectivity index (χ4n) is 3.97. The summed E-state index contributed by atoms with van der Waals surface area (Å²) >= 11 is 6.30. The van der Waals surface area contributed by atoms with Crippen LogP contribution in [0.2, 0.25) is 5.02 Å². The van der Waals surface area contributed by atoms with Crippen molar-refractivity contribution in [1.29, 1.82) is 0 Å². The van der Waals surface area contributed by atoms with Crippen LogP contribution < -0.4 is 5.56 Å². The summed E-state index contributed by atoms with van der Waals surface area (Å²) in [5.41, 5.74) is 2.61. The fourth-order valence-corrected chi connectivity index (χ4v) is 4.19. The van der Waals surface area contributed by atoms with Gasteiger partial charge in [0.2, 0.25) is 0 Å². The van der Waals surface area contributed by atoms with E-state index < -0.39 is 6.04 Å². The molecule has 1 aromatic heterocycles. The highest BCUT2D eigenvalue weighted by Gasteiger charge is 2.27. The summed E-state index contributed by atoms with van der Waals surface area (Å²) in [5, 5.41) is 0.927. The molecule has 0 fully saturated rings. The van der Waals surface area contributed by atoms with E-state index in [2.05, 4.69) is 0 Å². The molecule has 1 heterocycles. The molecule has 162 valence electrons. The maximum atomic E-state index is 13.6. The van der Waals surface area contributed by atoms with E-state index in [1.165, 1.54) is 0 Å². The molecule has 1 unspecified atom stereocenters. The van der Waals surface area contributed by atoms with Crippen LogP contribution in [0.1, 0.15) is 41.6 Å². The minimum atomic E-state index is -0.471. The molecule has 1 amide bonds. The van der Waals surface area contributed by atoms with Gasteiger partial charge >= 0.3 is 0 Å². The van der Waals surface area contributed by atoms with Crippen molar-refractivity contribution >= 4 is 28.4 Å². The lowest BCUT2D eigenvalue weighted by molar-refractivity contribution is 0.0693. The van der Waals surface area contributed by atoms with E-state index in [-0.39, 0.29) is 11.5 Å². The molecule has 0 bridgehead atoms. The number of hydrogen-bond acceptors (Lipinski definition) is 3. The third-order valence-electron chi connectivity index (χ3n) is 5.61. The van der Waals surface area contributed by atoms with Gasteiger partial charge in [0, 0.05) is 6.54 Å². The highest BCUT2D eigenvalue weighted by atomic mass is 35.5. The average Bonchev–Trinajstić information content (AvgIpc) is 2.79. The minimum absolute atomic E-state index is 0.163. The maximum absolute atomic E-state index is 13.6. The van der Waals surface area contributed by atoms with Gasteiger partial charge in [0.15, 0.2) is 0 Å². The van der Waals surface area contributed by atoms with Crippen LogP contribution in [-0.4, -0.2) is 26.9 Å². The summed E-state index contributed by atoms with van der Waals surface area (Å²) in [6, 6.07) is 21.5. The molecule has 0 aliphatic heterocycles. The molecule has 0 aliphatic rings. The molecule has 0 aliphatic carbocycles. The zero-order chi connectivity index (χ0) is 22.8. The van der Waals surface area contributed by atoms with Crippen LogP contribution in [0.4, 0.5) is 0 Å². The second-order valence-electron chi connectivity index (χ2n) is 7.71. The summed E-state index contributed by atoms with van der Waals surface area (Å²) in [7, 11) is 0. The van der Waals surface area contributed by atoms with Gasteiger partial charge in [0.05, 0.1) is 33.2 Å². The van der Waals surface area contributed by atoms with Crippen LogP contribution in [-0.2, 0) is 0 Å². The Morgan fingerprint density at radius 1 is 1.06 bits per heavy atom. The van der Waals surface area contributed by atoms with E-state index in [1.54, 1.807) is 39.8 Å². The highest BCUT2D eigenvalue weighted by Crippen LogP contribution is 2.26. The highest BCUT2D eigenvalue weighted by molar-refractivity contribution is 6.33. The van der Waals surface area contributed by atoms with Gasteiger partial charge in [-0.25, -0.2) is 4.98 Å². The van der Waals surface area contributed by atoms with Crippen LogP contribution in [0.25, 0.3) is 16.6 Å². The van der Waals surface area contributed by atoms with Crippen molar-refractivity contribution in [1.82, 2.24) is 14.5 Å². The van der Waals surface area contributed by atoms with Crippen molar-refractivity contribution in [3.05, 3.63) is 105 Å². The van der Waals surface area contributed by atoms with Crippen LogP contribution >= 0.6 is 11.6 Å². The molecule has 3 aromatic carbocycles. The topological polar surface area (TPSA) is 55.2 Å². The van der Waals surface area contributed by atoms with Gasteiger partial charge in [-0.3, -0.25) is 14.2 Å². The van der Waals surface area contributed by atoms with E-state index in [4.69, 9.17) is 16.6 Å². The molecule has 0 spiro atoms. The monoisotopic (exact) mass is 445 g/mol. The lowest BCUT2D eigenvalue weighted by Gasteiger charge is -2.30. The van der Waals surface area contributed by atoms with Gasteiger partial charge in [0.25, 0.3) is 11.5 Å². The Morgan fingerprint density at radius 2 is 1.78 bits per heavy atom. The number of rotatable bonds is 5. The van der Waals surface area contributed by atoms with Crippen LogP contribution in [0.15, 0.2) is 77.6 Å². The normalized spacial score (nSPS) is 12.0. The van der Waals surface area contributed by atoms with E-state index in [0.29, 0.717) is 33.9 Å². The third-order valence-corrected chi connectivity index (χ3v) is 5.94. The van der Waals surface area contributed by atoms with E-state index in [9.17, 15) is 9.59 Å². The Balaban J connectivity index is 1.92. The largest absolute Gasteiger partial charge is 0.329 e. The van der Waals surface area contributed by atoms with Crippen molar-refractivity contribution in [3.63, 3.8) is 0 Å². The van der Waals surface area contributed by atoms with Gasteiger partial charge < -0.3 is 4.90 Å². The van der Waals surface area contributed by atoms with E-state index >= 15 is 0 Å². The number of benzene rings is 3. The molecule has 1 atom stereocenters. The first-order chi connectivity index (χ1) is 15.4. The summed E-state index contributed by atoms with van der Waals surface area (Å²) < 4.78 is 1.61. The first kappa shape index (κ1) is 21.8. The Morgan fingerprint density at radius 3 is 2.50 bits per heavy atom. The molecule has 5 nitrogen and oxygen atoms in total. The predicted molar refractivity (Wildman–Crippen MR) is 129 cm³/mol. The Bertz CT molecular complexity index is 1360. The molecule has 6 heteroatoms. The van der Waals surface area contributed by atoms with Crippen molar-refractivity contribution < 1.29 is 4.79 Å². The third kappa shape index (κ3) is 3.92. The quantitative estimate of drug-likeness (QED) is 0.403. The van der Waals surface area contributed by atoms with Gasteiger partial charge in [-0.15, -0.1) is 0 Å². The maximum Gasteiger partial charge on any atom is 0.266 e. The van der Waals surface area contributed by atoms with Crippen molar-refractivity contribution in [2.45, 2.75) is 26.8 Å². The Hall–Kier alpha value is -3.44. The fraction of sp³-hybridized carbons (Fsp3) is 0.192. The first-order valence-corrected chi connectivity index (χ1v) is 10.9. The molecule has 32 heavy (non-hydrogen) atoms. The molecule has 4 aromatic rings. The van der Waals surface area contributed by atoms with Crippen LogP contribution in [0.5, 0.6) is 0 Å². The Labute approximate surface area is 191 Å². The van der Waals surface area contributed by atoms with Crippen molar-refractivity contribution in [3.8, 4) is 5.69 Å². The number of aromatic nitrogens is 2. The number of fused-ring (bicyclic) bond motifs is 1. The lowest BCUT2D eigenvalue weighted by atomic mass is 10.1. The molecular formula is C26H24ClN3O2. The molecule has 0 radical (unpaired) electrons. The second kappa shape index (κ2) is 8.97. The molecule has 0 saturated heterocycles. The zero-order valence-corrected chi connectivity index (χ0v) is 19.0. The first-order valence-electron chi connectivity index (χ1n) is 10.6. The minimum Gasteiger partial charge on any atom is -0.329 e. The standard InChI is InChI=1S/C26H24ClN3O2/c1-4-29(25(31)20-12-5-7-14-22(20)27)18(3)24-28-23-15-8-6-13-21(23)26(32)30(24)19-11-9-10-17(2)16-19/h5-16,18H,4H2,1-3H3. The van der Waals surface area contributed by atoms with E-state index in [0.717, 1.165) is 11.3 Å². The van der Waals surface area contributed by atoms with E-state index in [1.807, 2.05) is 63.2 Å². The smallest absolute Gasteiger partial charge is 0.266 e. The average molecular weight is 446 g/mol. The summed E-state index contributed by atoms with van der Waals surface area (Å²) in [4.78, 5) is 33.5. The van der Waals surface area contributed by atoms with Crippen LogP contribution in [0, 0.1) is 6.92 Å². The second-order valence-corrected chi connectivity index (χ2v) is 8.12. The molecule has 0 N–H and O–H groups in total. The van der Waals surface area contributed by atoms with Gasteiger partial charge in [-0.1, -0.05) is 48.0 Å². The predicted octanol–water partition coefficient (Wildman–Crippen LogP) is 5.57. The summed E-state index contributed by atoms with van der Waals surface area (Å²) in [6.07, 6.45) is 0. The van der Waals surface area contributed by atoms with Crippen molar-refractivity contribution in [2.24, 2.45) is 0 Å². The number of carbonyl (C=O) groups excluding carboxylic acids is 1. The molecule has 0 saturated carbocycles.